The first-order valence-electron chi connectivity index (χ1n) is 2.15. The SMILES string of the molecule is Cl.N#CCNC(=O)CN. The number of hydrogen-bond acceptors (Lipinski definition) is 3. The quantitative estimate of drug-likeness (QED) is 0.495. The summed E-state index contributed by atoms with van der Waals surface area (Å²) in [6, 6.07) is 1.75. The zero-order valence-electron chi connectivity index (χ0n) is 4.76. The van der Waals surface area contributed by atoms with Crippen molar-refractivity contribution in [3.8, 4) is 6.07 Å². The Bertz CT molecular complexity index is 119. The first kappa shape index (κ1) is 11.1. The predicted octanol–water partition coefficient (Wildman–Crippen LogP) is -0.993. The maximum Gasteiger partial charge on any atom is 0.234 e. The summed E-state index contributed by atoms with van der Waals surface area (Å²) in [5.41, 5.74) is 4.89. The average molecular weight is 150 g/mol. The van der Waals surface area contributed by atoms with Gasteiger partial charge in [0.2, 0.25) is 5.91 Å². The molecule has 52 valence electrons. The van der Waals surface area contributed by atoms with Crippen LogP contribution >= 0.6 is 12.4 Å². The van der Waals surface area contributed by atoms with Crippen LogP contribution in [0.3, 0.4) is 0 Å². The predicted molar refractivity (Wildman–Crippen MR) is 34.9 cm³/mol. The van der Waals surface area contributed by atoms with E-state index in [1.807, 2.05) is 0 Å². The molecule has 4 nitrogen and oxygen atoms in total. The molecule has 5 heteroatoms. The summed E-state index contributed by atoms with van der Waals surface area (Å²) < 4.78 is 0. The highest BCUT2D eigenvalue weighted by molar-refractivity contribution is 5.85. The Kier molecular flexibility index (Phi) is 8.87. The monoisotopic (exact) mass is 149 g/mol. The van der Waals surface area contributed by atoms with Crippen LogP contribution in [0.15, 0.2) is 0 Å². The third-order valence-corrected chi connectivity index (χ3v) is 0.550. The Hall–Kier alpha value is -0.790. The molecule has 0 saturated heterocycles. The van der Waals surface area contributed by atoms with Crippen LogP contribution in [0.1, 0.15) is 0 Å². The lowest BCUT2D eigenvalue weighted by Gasteiger charge is -1.92. The van der Waals surface area contributed by atoms with E-state index in [2.05, 4.69) is 5.32 Å². The molecule has 0 aromatic carbocycles. The Morgan fingerprint density at radius 3 is 2.67 bits per heavy atom. The zero-order valence-corrected chi connectivity index (χ0v) is 5.57. The number of hydrogen-bond donors (Lipinski definition) is 2. The van der Waals surface area contributed by atoms with Crippen LogP contribution in [0.25, 0.3) is 0 Å². The van der Waals surface area contributed by atoms with Crippen LogP contribution in [-0.4, -0.2) is 19.0 Å². The van der Waals surface area contributed by atoms with E-state index in [-0.39, 0.29) is 31.4 Å². The number of nitrogens with zero attached hydrogens (tertiary/aromatic N) is 1. The molecule has 0 heterocycles. The first-order chi connectivity index (χ1) is 3.81. The van der Waals surface area contributed by atoms with E-state index >= 15 is 0 Å². The Morgan fingerprint density at radius 2 is 2.33 bits per heavy atom. The Morgan fingerprint density at radius 1 is 1.78 bits per heavy atom. The number of halogens is 1. The molecule has 0 fully saturated rings. The minimum absolute atomic E-state index is 0. The van der Waals surface area contributed by atoms with E-state index in [1.54, 1.807) is 6.07 Å². The van der Waals surface area contributed by atoms with E-state index in [1.165, 1.54) is 0 Å². The summed E-state index contributed by atoms with van der Waals surface area (Å²) in [5, 5.41) is 10.2. The molecule has 0 saturated carbocycles. The molecule has 0 aromatic heterocycles. The molecule has 0 radical (unpaired) electrons. The molecular weight excluding hydrogens is 142 g/mol. The second kappa shape index (κ2) is 7.21. The molecule has 0 atom stereocenters. The summed E-state index contributed by atoms with van der Waals surface area (Å²) in [6.45, 7) is -0.0162. The van der Waals surface area contributed by atoms with Crippen molar-refractivity contribution in [2.45, 2.75) is 0 Å². The van der Waals surface area contributed by atoms with Crippen molar-refractivity contribution in [3.63, 3.8) is 0 Å². The van der Waals surface area contributed by atoms with Gasteiger partial charge in [0, 0.05) is 0 Å². The van der Waals surface area contributed by atoms with Crippen molar-refractivity contribution in [2.24, 2.45) is 5.73 Å². The van der Waals surface area contributed by atoms with Gasteiger partial charge in [0.25, 0.3) is 0 Å². The van der Waals surface area contributed by atoms with Crippen molar-refractivity contribution in [1.29, 1.82) is 5.26 Å². The Balaban J connectivity index is 0. The van der Waals surface area contributed by atoms with Crippen molar-refractivity contribution in [2.75, 3.05) is 13.1 Å². The number of amides is 1. The van der Waals surface area contributed by atoms with Crippen molar-refractivity contribution in [3.05, 3.63) is 0 Å². The molecule has 9 heavy (non-hydrogen) atoms. The van der Waals surface area contributed by atoms with E-state index < -0.39 is 0 Å². The molecule has 0 bridgehead atoms. The highest BCUT2D eigenvalue weighted by Gasteiger charge is 1.90. The maximum atomic E-state index is 10.2. The van der Waals surface area contributed by atoms with Gasteiger partial charge in [-0.05, 0) is 0 Å². The number of nitrogens with two attached hydrogens (primary N) is 1. The lowest BCUT2D eigenvalue weighted by Crippen LogP contribution is -2.30. The fourth-order valence-electron chi connectivity index (χ4n) is 0.210. The van der Waals surface area contributed by atoms with Crippen LogP contribution in [0.4, 0.5) is 0 Å². The van der Waals surface area contributed by atoms with Gasteiger partial charge < -0.3 is 11.1 Å². The van der Waals surface area contributed by atoms with E-state index in [0.29, 0.717) is 0 Å². The lowest BCUT2D eigenvalue weighted by atomic mass is 10.6. The number of rotatable bonds is 2. The number of nitriles is 1. The number of nitrogens with one attached hydrogen (secondary N) is 1. The average Bonchev–Trinajstić information content (AvgIpc) is 1.83. The second-order valence-electron chi connectivity index (χ2n) is 1.14. The fourth-order valence-corrected chi connectivity index (χ4v) is 0.210. The van der Waals surface area contributed by atoms with Crippen LogP contribution in [-0.2, 0) is 4.79 Å². The molecule has 0 rings (SSSR count). The third-order valence-electron chi connectivity index (χ3n) is 0.550. The van der Waals surface area contributed by atoms with Crippen molar-refractivity contribution < 1.29 is 4.79 Å². The highest BCUT2D eigenvalue weighted by Crippen LogP contribution is 1.55. The molecule has 0 spiro atoms. The first-order valence-corrected chi connectivity index (χ1v) is 2.15. The van der Waals surface area contributed by atoms with Gasteiger partial charge in [0.15, 0.2) is 0 Å². The van der Waals surface area contributed by atoms with Crippen molar-refractivity contribution >= 4 is 18.3 Å². The maximum absolute atomic E-state index is 10.2. The van der Waals surface area contributed by atoms with Gasteiger partial charge in [0.05, 0.1) is 12.6 Å². The molecule has 0 aliphatic rings. The topological polar surface area (TPSA) is 78.9 Å². The van der Waals surface area contributed by atoms with E-state index in [4.69, 9.17) is 11.0 Å². The van der Waals surface area contributed by atoms with Gasteiger partial charge in [-0.15, -0.1) is 12.4 Å². The van der Waals surface area contributed by atoms with Gasteiger partial charge >= 0.3 is 0 Å². The summed E-state index contributed by atoms with van der Waals surface area (Å²) in [6.07, 6.45) is 0. The van der Waals surface area contributed by atoms with Gasteiger partial charge in [-0.25, -0.2) is 0 Å². The summed E-state index contributed by atoms with van der Waals surface area (Å²) in [7, 11) is 0. The van der Waals surface area contributed by atoms with Crippen LogP contribution in [0, 0.1) is 11.3 Å². The standard InChI is InChI=1S/C4H7N3O.ClH/c5-1-2-7-4(8)3-6;/h2-3,6H2,(H,7,8);1H. The third kappa shape index (κ3) is 7.21. The van der Waals surface area contributed by atoms with Crippen LogP contribution in [0.2, 0.25) is 0 Å². The molecule has 1 amide bonds. The van der Waals surface area contributed by atoms with Crippen LogP contribution in [0.5, 0.6) is 0 Å². The van der Waals surface area contributed by atoms with Crippen molar-refractivity contribution in [1.82, 2.24) is 5.32 Å². The minimum Gasteiger partial charge on any atom is -0.342 e. The molecule has 0 aromatic rings. The summed E-state index contributed by atoms with van der Waals surface area (Å²) in [4.78, 5) is 10.2. The second-order valence-corrected chi connectivity index (χ2v) is 1.14. The normalized spacial score (nSPS) is 6.67. The van der Waals surface area contributed by atoms with Gasteiger partial charge in [0.1, 0.15) is 6.54 Å². The van der Waals surface area contributed by atoms with Gasteiger partial charge in [-0.1, -0.05) is 0 Å². The van der Waals surface area contributed by atoms with Gasteiger partial charge in [-0.2, -0.15) is 5.26 Å². The van der Waals surface area contributed by atoms with E-state index in [0.717, 1.165) is 0 Å². The van der Waals surface area contributed by atoms with Crippen LogP contribution < -0.4 is 11.1 Å². The molecule has 0 aliphatic carbocycles. The highest BCUT2D eigenvalue weighted by atomic mass is 35.5. The molecule has 3 N–H and O–H groups in total. The summed E-state index contributed by atoms with van der Waals surface area (Å²) in [5.74, 6) is -0.299. The largest absolute Gasteiger partial charge is 0.342 e. The Labute approximate surface area is 59.4 Å². The zero-order chi connectivity index (χ0) is 6.41. The minimum atomic E-state index is -0.299. The molecule has 0 unspecified atom stereocenters. The summed E-state index contributed by atoms with van der Waals surface area (Å²) >= 11 is 0. The molecular formula is C4H8ClN3O. The van der Waals surface area contributed by atoms with E-state index in [9.17, 15) is 4.79 Å². The van der Waals surface area contributed by atoms with Gasteiger partial charge in [-0.3, -0.25) is 4.79 Å². The lowest BCUT2D eigenvalue weighted by molar-refractivity contribution is -0.119. The number of carbonyl (C=O) groups excluding carboxylic acids is 1. The number of carbonyl (C=O) groups is 1. The fraction of sp³-hybridized carbons (Fsp3) is 0.500. The smallest absolute Gasteiger partial charge is 0.234 e. The molecule has 0 aliphatic heterocycles.